The van der Waals surface area contributed by atoms with Gasteiger partial charge >= 0.3 is 0 Å². The van der Waals surface area contributed by atoms with Crippen LogP contribution in [0.5, 0.6) is 11.5 Å². The molecule has 0 saturated carbocycles. The van der Waals surface area contributed by atoms with E-state index in [1.54, 1.807) is 31.4 Å². The van der Waals surface area contributed by atoms with Gasteiger partial charge in [0.05, 0.1) is 37.7 Å². The third kappa shape index (κ3) is 3.84. The van der Waals surface area contributed by atoms with Crippen LogP contribution in [0.25, 0.3) is 5.57 Å². The van der Waals surface area contributed by atoms with Gasteiger partial charge in [-0.1, -0.05) is 18.2 Å². The lowest BCUT2D eigenvalue weighted by atomic mass is 10.0. The van der Waals surface area contributed by atoms with Crippen LogP contribution in [-0.4, -0.2) is 56.2 Å². The summed E-state index contributed by atoms with van der Waals surface area (Å²) in [7, 11) is 3.12. The van der Waals surface area contributed by atoms with E-state index < -0.39 is 0 Å². The van der Waals surface area contributed by atoms with Crippen LogP contribution in [0, 0.1) is 6.92 Å². The Balaban J connectivity index is 1.86. The van der Waals surface area contributed by atoms with E-state index in [1.807, 2.05) is 43.9 Å². The number of nitrogens with zero attached hydrogens (tertiary/aromatic N) is 2. The third-order valence-corrected chi connectivity index (χ3v) is 5.75. The predicted molar refractivity (Wildman–Crippen MR) is 122 cm³/mol. The standard InChI is InChI=1S/C25H28N2O5/c1-15-6-11-21(31-5)20(12-15)27-24(28)22(18-7-9-19(30-4)10-8-18)23(25(27)29)26-13-16(2)32-17(3)14-26/h6-12,16-17H,13-14H2,1-5H3. The molecule has 168 valence electrons. The molecule has 7 nitrogen and oxygen atoms in total. The van der Waals surface area contributed by atoms with E-state index >= 15 is 0 Å². The minimum atomic E-state index is -0.370. The highest BCUT2D eigenvalue weighted by Crippen LogP contribution is 2.40. The Labute approximate surface area is 188 Å². The summed E-state index contributed by atoms with van der Waals surface area (Å²) in [5.41, 5.74) is 2.81. The Morgan fingerprint density at radius 1 is 0.906 bits per heavy atom. The molecule has 0 aromatic heterocycles. The summed E-state index contributed by atoms with van der Waals surface area (Å²) < 4.78 is 16.6. The van der Waals surface area contributed by atoms with Crippen molar-refractivity contribution in [3.8, 4) is 11.5 Å². The first-order valence-electron chi connectivity index (χ1n) is 10.7. The fraction of sp³-hybridized carbons (Fsp3) is 0.360. The number of benzene rings is 2. The second-order valence-electron chi connectivity index (χ2n) is 8.24. The zero-order chi connectivity index (χ0) is 23.0. The zero-order valence-electron chi connectivity index (χ0n) is 19.0. The van der Waals surface area contributed by atoms with E-state index in [0.29, 0.717) is 47.1 Å². The van der Waals surface area contributed by atoms with Crippen molar-refractivity contribution in [3.05, 3.63) is 59.3 Å². The molecule has 2 aromatic carbocycles. The van der Waals surface area contributed by atoms with Crippen molar-refractivity contribution >= 4 is 23.1 Å². The van der Waals surface area contributed by atoms with Crippen molar-refractivity contribution in [1.82, 2.24) is 4.90 Å². The summed E-state index contributed by atoms with van der Waals surface area (Å²) in [5.74, 6) is 0.423. The zero-order valence-corrected chi connectivity index (χ0v) is 19.0. The van der Waals surface area contributed by atoms with E-state index in [9.17, 15) is 9.59 Å². The molecule has 32 heavy (non-hydrogen) atoms. The fourth-order valence-corrected chi connectivity index (χ4v) is 4.38. The highest BCUT2D eigenvalue weighted by Gasteiger charge is 2.44. The number of amides is 2. The maximum atomic E-state index is 13.8. The van der Waals surface area contributed by atoms with Crippen molar-refractivity contribution in [2.75, 3.05) is 32.2 Å². The molecule has 0 aliphatic carbocycles. The van der Waals surface area contributed by atoms with Crippen molar-refractivity contribution in [2.24, 2.45) is 0 Å². The summed E-state index contributed by atoms with van der Waals surface area (Å²) in [6, 6.07) is 12.7. The van der Waals surface area contributed by atoms with Crippen LogP contribution < -0.4 is 14.4 Å². The molecule has 1 fully saturated rings. The summed E-state index contributed by atoms with van der Waals surface area (Å²) >= 11 is 0. The quantitative estimate of drug-likeness (QED) is 0.670. The molecule has 0 N–H and O–H groups in total. The molecule has 2 aromatic rings. The van der Waals surface area contributed by atoms with Crippen LogP contribution in [0.2, 0.25) is 0 Å². The number of hydrogen-bond acceptors (Lipinski definition) is 6. The number of carbonyl (C=O) groups is 2. The lowest BCUT2D eigenvalue weighted by Crippen LogP contribution is -2.47. The van der Waals surface area contributed by atoms with Crippen molar-refractivity contribution in [3.63, 3.8) is 0 Å². The summed E-state index contributed by atoms with van der Waals surface area (Å²) in [5, 5.41) is 0. The first-order chi connectivity index (χ1) is 15.3. The SMILES string of the molecule is COc1ccc(C2=C(N3CC(C)OC(C)C3)C(=O)N(c3cc(C)ccc3OC)C2=O)cc1. The molecule has 1 saturated heterocycles. The van der Waals surface area contributed by atoms with E-state index in [-0.39, 0.29) is 24.0 Å². The summed E-state index contributed by atoms with van der Waals surface area (Å²) in [4.78, 5) is 30.8. The maximum absolute atomic E-state index is 13.8. The molecule has 2 aliphatic heterocycles. The smallest absolute Gasteiger partial charge is 0.282 e. The van der Waals surface area contributed by atoms with Crippen molar-refractivity contribution in [1.29, 1.82) is 0 Å². The Morgan fingerprint density at radius 2 is 1.56 bits per heavy atom. The Bertz CT molecular complexity index is 1070. The number of aryl methyl sites for hydroxylation is 1. The summed E-state index contributed by atoms with van der Waals surface area (Å²) in [6.07, 6.45) is -0.123. The van der Waals surface area contributed by atoms with E-state index in [4.69, 9.17) is 14.2 Å². The van der Waals surface area contributed by atoms with Gasteiger partial charge in [-0.05, 0) is 56.2 Å². The van der Waals surface area contributed by atoms with Gasteiger partial charge in [-0.15, -0.1) is 0 Å². The normalized spacial score (nSPS) is 21.4. The van der Waals surface area contributed by atoms with E-state index in [2.05, 4.69) is 0 Å². The van der Waals surface area contributed by atoms with Crippen LogP contribution in [0.1, 0.15) is 25.0 Å². The summed E-state index contributed by atoms with van der Waals surface area (Å²) in [6.45, 7) is 6.91. The van der Waals surface area contributed by atoms with Gasteiger partial charge in [0.25, 0.3) is 11.8 Å². The molecule has 2 unspecified atom stereocenters. The van der Waals surface area contributed by atoms with Gasteiger partial charge < -0.3 is 19.1 Å². The number of methoxy groups -OCH3 is 2. The lowest BCUT2D eigenvalue weighted by molar-refractivity contribution is -0.121. The van der Waals surface area contributed by atoms with E-state index in [1.165, 1.54) is 12.0 Å². The van der Waals surface area contributed by atoms with Crippen LogP contribution >= 0.6 is 0 Å². The first-order valence-corrected chi connectivity index (χ1v) is 10.7. The van der Waals surface area contributed by atoms with E-state index in [0.717, 1.165) is 5.56 Å². The number of morpholine rings is 1. The maximum Gasteiger partial charge on any atom is 0.282 e. The van der Waals surface area contributed by atoms with Crippen LogP contribution in [0.4, 0.5) is 5.69 Å². The molecule has 2 aliphatic rings. The second kappa shape index (κ2) is 8.67. The molecule has 0 spiro atoms. The average molecular weight is 437 g/mol. The minimum absolute atomic E-state index is 0.0613. The number of anilines is 1. The van der Waals surface area contributed by atoms with Gasteiger partial charge in [-0.2, -0.15) is 0 Å². The monoisotopic (exact) mass is 436 g/mol. The van der Waals surface area contributed by atoms with Crippen LogP contribution in [0.3, 0.4) is 0 Å². The fourth-order valence-electron chi connectivity index (χ4n) is 4.38. The molecule has 0 bridgehead atoms. The Hall–Kier alpha value is -3.32. The largest absolute Gasteiger partial charge is 0.497 e. The van der Waals surface area contributed by atoms with Gasteiger partial charge in [0, 0.05) is 13.1 Å². The molecular formula is C25H28N2O5. The van der Waals surface area contributed by atoms with Crippen molar-refractivity contribution in [2.45, 2.75) is 33.0 Å². The minimum Gasteiger partial charge on any atom is -0.497 e. The predicted octanol–water partition coefficient (Wildman–Crippen LogP) is 3.41. The number of imide groups is 1. The number of hydrogen-bond donors (Lipinski definition) is 0. The number of ether oxygens (including phenoxy) is 3. The topological polar surface area (TPSA) is 68.3 Å². The highest BCUT2D eigenvalue weighted by atomic mass is 16.5. The Kier molecular flexibility index (Phi) is 5.93. The third-order valence-electron chi connectivity index (χ3n) is 5.75. The van der Waals surface area contributed by atoms with Gasteiger partial charge in [0.2, 0.25) is 0 Å². The molecule has 0 radical (unpaired) electrons. The number of rotatable bonds is 5. The van der Waals surface area contributed by atoms with Gasteiger partial charge in [0.15, 0.2) is 0 Å². The van der Waals surface area contributed by atoms with Gasteiger partial charge in [0.1, 0.15) is 17.2 Å². The molecule has 2 atom stereocenters. The van der Waals surface area contributed by atoms with Gasteiger partial charge in [-0.25, -0.2) is 4.90 Å². The van der Waals surface area contributed by atoms with Crippen molar-refractivity contribution < 1.29 is 23.8 Å². The average Bonchev–Trinajstić information content (AvgIpc) is 3.03. The molecule has 2 heterocycles. The highest BCUT2D eigenvalue weighted by molar-refractivity contribution is 6.45. The number of carbonyl (C=O) groups excluding carboxylic acids is 2. The van der Waals surface area contributed by atoms with Crippen LogP contribution in [-0.2, 0) is 14.3 Å². The first kappa shape index (κ1) is 21.9. The molecule has 7 heteroatoms. The molecule has 2 amide bonds. The molecular weight excluding hydrogens is 408 g/mol. The second-order valence-corrected chi connectivity index (χ2v) is 8.24. The molecule has 4 rings (SSSR count). The Morgan fingerprint density at radius 3 is 2.16 bits per heavy atom. The lowest BCUT2D eigenvalue weighted by Gasteiger charge is -2.37. The van der Waals surface area contributed by atoms with Crippen LogP contribution in [0.15, 0.2) is 48.2 Å². The van der Waals surface area contributed by atoms with Gasteiger partial charge in [-0.3, -0.25) is 9.59 Å².